The Hall–Kier alpha value is -3.28. The molecule has 0 spiro atoms. The van der Waals surface area contributed by atoms with Gasteiger partial charge in [0, 0.05) is 24.7 Å². The predicted molar refractivity (Wildman–Crippen MR) is 106 cm³/mol. The number of carbonyl (C=O) groups excluding carboxylic acids is 1. The van der Waals surface area contributed by atoms with E-state index in [1.54, 1.807) is 11.0 Å². The summed E-state index contributed by atoms with van der Waals surface area (Å²) in [7, 11) is 0. The van der Waals surface area contributed by atoms with Crippen molar-refractivity contribution in [2.24, 2.45) is 0 Å². The van der Waals surface area contributed by atoms with Gasteiger partial charge in [-0.3, -0.25) is 0 Å². The Labute approximate surface area is 164 Å². The van der Waals surface area contributed by atoms with Gasteiger partial charge >= 0.3 is 6.09 Å². The van der Waals surface area contributed by atoms with Crippen molar-refractivity contribution in [1.29, 1.82) is 0 Å². The molecule has 3 aromatic rings. The second kappa shape index (κ2) is 9.60. The van der Waals surface area contributed by atoms with Crippen molar-refractivity contribution in [3.8, 4) is 17.0 Å². The Morgan fingerprint density at radius 2 is 1.71 bits per heavy atom. The summed E-state index contributed by atoms with van der Waals surface area (Å²) in [5, 5.41) is 4.05. The van der Waals surface area contributed by atoms with Crippen LogP contribution in [0.1, 0.15) is 25.2 Å². The monoisotopic (exact) mass is 380 g/mol. The lowest BCUT2D eigenvalue weighted by Crippen LogP contribution is -2.30. The Balaban J connectivity index is 1.55. The zero-order chi connectivity index (χ0) is 19.8. The summed E-state index contributed by atoms with van der Waals surface area (Å²) in [6.45, 7) is 5.60. The van der Waals surface area contributed by atoms with Crippen LogP contribution in [0.4, 0.5) is 4.79 Å². The molecule has 28 heavy (non-hydrogen) atoms. The van der Waals surface area contributed by atoms with Gasteiger partial charge in [0.25, 0.3) is 0 Å². The number of amides is 1. The molecule has 0 bridgehead atoms. The Kier molecular flexibility index (Phi) is 6.68. The summed E-state index contributed by atoms with van der Waals surface area (Å²) >= 11 is 0. The second-order valence-electron chi connectivity index (χ2n) is 6.20. The first-order valence-corrected chi connectivity index (χ1v) is 9.34. The van der Waals surface area contributed by atoms with Gasteiger partial charge in [0.1, 0.15) is 18.1 Å². The highest BCUT2D eigenvalue weighted by Gasteiger charge is 2.13. The Morgan fingerprint density at radius 1 is 1.00 bits per heavy atom. The number of hydrogen-bond donors (Lipinski definition) is 0. The third-order valence-corrected chi connectivity index (χ3v) is 4.32. The molecule has 6 nitrogen and oxygen atoms in total. The smallest absolute Gasteiger partial charge is 0.410 e. The molecule has 2 aromatic carbocycles. The third-order valence-electron chi connectivity index (χ3n) is 4.32. The highest BCUT2D eigenvalue weighted by molar-refractivity contribution is 5.67. The van der Waals surface area contributed by atoms with E-state index in [4.69, 9.17) is 14.0 Å². The highest BCUT2D eigenvalue weighted by Crippen LogP contribution is 2.23. The van der Waals surface area contributed by atoms with Gasteiger partial charge in [0.2, 0.25) is 0 Å². The maximum atomic E-state index is 11.9. The lowest BCUT2D eigenvalue weighted by Gasteiger charge is -2.17. The lowest BCUT2D eigenvalue weighted by atomic mass is 10.1. The number of ether oxygens (including phenoxy) is 2. The van der Waals surface area contributed by atoms with Gasteiger partial charge in [-0.1, -0.05) is 35.5 Å². The first-order valence-electron chi connectivity index (χ1n) is 9.34. The summed E-state index contributed by atoms with van der Waals surface area (Å²) in [5.41, 5.74) is 2.70. The van der Waals surface area contributed by atoms with Gasteiger partial charge in [-0.05, 0) is 43.7 Å². The van der Waals surface area contributed by atoms with Crippen molar-refractivity contribution in [1.82, 2.24) is 10.1 Å². The van der Waals surface area contributed by atoms with E-state index in [0.29, 0.717) is 31.2 Å². The molecule has 0 saturated carbocycles. The molecule has 0 unspecified atom stereocenters. The zero-order valence-electron chi connectivity index (χ0n) is 16.1. The van der Waals surface area contributed by atoms with Crippen molar-refractivity contribution in [2.45, 2.75) is 27.1 Å². The largest absolute Gasteiger partial charge is 0.489 e. The van der Waals surface area contributed by atoms with Crippen LogP contribution in [0.15, 0.2) is 65.2 Å². The molecule has 0 aliphatic heterocycles. The maximum absolute atomic E-state index is 11.9. The molecule has 6 heteroatoms. The SMILES string of the molecule is CCN(CC)C(=O)OCc1cc(-c2ccc(OCc3ccccc3)cc2)no1. The van der Waals surface area contributed by atoms with Crippen LogP contribution in [0.5, 0.6) is 5.75 Å². The van der Waals surface area contributed by atoms with Crippen molar-refractivity contribution < 1.29 is 18.8 Å². The topological polar surface area (TPSA) is 64.8 Å². The summed E-state index contributed by atoms with van der Waals surface area (Å²) in [4.78, 5) is 13.5. The molecule has 0 radical (unpaired) electrons. The fraction of sp³-hybridized carbons (Fsp3) is 0.273. The number of nitrogens with zero attached hydrogens (tertiary/aromatic N) is 2. The molecule has 0 fully saturated rings. The van der Waals surface area contributed by atoms with E-state index in [9.17, 15) is 4.79 Å². The van der Waals surface area contributed by atoms with E-state index in [-0.39, 0.29) is 12.7 Å². The summed E-state index contributed by atoms with van der Waals surface area (Å²) in [5.74, 6) is 1.28. The van der Waals surface area contributed by atoms with Gasteiger partial charge in [0.15, 0.2) is 12.4 Å². The van der Waals surface area contributed by atoms with Gasteiger partial charge in [-0.15, -0.1) is 0 Å². The van der Waals surface area contributed by atoms with Crippen molar-refractivity contribution in [2.75, 3.05) is 13.1 Å². The minimum atomic E-state index is -0.358. The second-order valence-corrected chi connectivity index (χ2v) is 6.20. The molecule has 1 heterocycles. The molecular formula is C22H24N2O4. The van der Waals surface area contributed by atoms with E-state index in [0.717, 1.165) is 16.9 Å². The van der Waals surface area contributed by atoms with E-state index in [2.05, 4.69) is 5.16 Å². The van der Waals surface area contributed by atoms with Crippen LogP contribution in [-0.4, -0.2) is 29.2 Å². The fourth-order valence-electron chi connectivity index (χ4n) is 2.69. The quantitative estimate of drug-likeness (QED) is 0.556. The van der Waals surface area contributed by atoms with Crippen LogP contribution in [0.3, 0.4) is 0 Å². The van der Waals surface area contributed by atoms with Gasteiger partial charge in [-0.2, -0.15) is 0 Å². The molecule has 1 amide bonds. The van der Waals surface area contributed by atoms with E-state index in [1.807, 2.05) is 68.4 Å². The van der Waals surface area contributed by atoms with Crippen LogP contribution in [0.25, 0.3) is 11.3 Å². The van der Waals surface area contributed by atoms with Gasteiger partial charge < -0.3 is 18.9 Å². The van der Waals surface area contributed by atoms with Crippen molar-refractivity contribution >= 4 is 6.09 Å². The fourth-order valence-corrected chi connectivity index (χ4v) is 2.69. The van der Waals surface area contributed by atoms with Crippen LogP contribution in [0.2, 0.25) is 0 Å². The molecule has 0 aliphatic carbocycles. The summed E-state index contributed by atoms with van der Waals surface area (Å²) in [6.07, 6.45) is -0.358. The molecule has 0 aliphatic rings. The average Bonchev–Trinajstić information content (AvgIpc) is 3.22. The minimum absolute atomic E-state index is 0.0562. The number of benzene rings is 2. The third kappa shape index (κ3) is 5.13. The number of carbonyl (C=O) groups is 1. The van der Waals surface area contributed by atoms with Gasteiger partial charge in [-0.25, -0.2) is 4.79 Å². The Bertz CT molecular complexity index is 871. The van der Waals surface area contributed by atoms with Gasteiger partial charge in [0.05, 0.1) is 0 Å². The Morgan fingerprint density at radius 3 is 2.39 bits per heavy atom. The number of aromatic nitrogens is 1. The zero-order valence-corrected chi connectivity index (χ0v) is 16.1. The molecule has 1 aromatic heterocycles. The first-order chi connectivity index (χ1) is 13.7. The van der Waals surface area contributed by atoms with Crippen LogP contribution >= 0.6 is 0 Å². The minimum Gasteiger partial charge on any atom is -0.489 e. The van der Waals surface area contributed by atoms with Crippen LogP contribution in [0, 0.1) is 0 Å². The molecule has 146 valence electrons. The van der Waals surface area contributed by atoms with E-state index < -0.39 is 0 Å². The molecule has 0 atom stereocenters. The van der Waals surface area contributed by atoms with Crippen LogP contribution < -0.4 is 4.74 Å². The van der Waals surface area contributed by atoms with Crippen LogP contribution in [-0.2, 0) is 18.0 Å². The number of hydrogen-bond acceptors (Lipinski definition) is 5. The molecule has 3 rings (SSSR count). The normalized spacial score (nSPS) is 10.5. The lowest BCUT2D eigenvalue weighted by molar-refractivity contribution is 0.0912. The van der Waals surface area contributed by atoms with Crippen molar-refractivity contribution in [3.63, 3.8) is 0 Å². The molecule has 0 saturated heterocycles. The average molecular weight is 380 g/mol. The standard InChI is InChI=1S/C22H24N2O4/c1-3-24(4-2)22(25)27-16-20-14-21(23-28-20)18-10-12-19(13-11-18)26-15-17-8-6-5-7-9-17/h5-14H,3-4,15-16H2,1-2H3. The maximum Gasteiger partial charge on any atom is 0.410 e. The summed E-state index contributed by atoms with van der Waals surface area (Å²) < 4.78 is 16.3. The summed E-state index contributed by atoms with van der Waals surface area (Å²) in [6, 6.07) is 19.4. The first kappa shape index (κ1) is 19.5. The molecular weight excluding hydrogens is 356 g/mol. The van der Waals surface area contributed by atoms with Crippen molar-refractivity contribution in [3.05, 3.63) is 72.0 Å². The predicted octanol–water partition coefficient (Wildman–Crippen LogP) is 4.90. The van der Waals surface area contributed by atoms with E-state index in [1.165, 1.54) is 0 Å². The highest BCUT2D eigenvalue weighted by atomic mass is 16.6. The molecule has 0 N–H and O–H groups in total. The number of rotatable bonds is 8. The van der Waals surface area contributed by atoms with E-state index >= 15 is 0 Å².